The molecule has 0 radical (unpaired) electrons. The van der Waals surface area contributed by atoms with Gasteiger partial charge in [-0.05, 0) is 182 Å². The quantitative estimate of drug-likeness (QED) is 0.0221. The number of benzene rings is 2. The Bertz CT molecular complexity index is 6860. The highest BCUT2D eigenvalue weighted by Gasteiger charge is 2.20. The number of methoxy groups -OCH3 is 1. The monoisotopic (exact) mass is 1710 g/mol. The highest BCUT2D eigenvalue weighted by Crippen LogP contribution is 2.29. The molecule has 18 aromatic rings. The minimum Gasteiger partial charge on any atom is -0.477 e. The number of ketones is 1. The van der Waals surface area contributed by atoms with Gasteiger partial charge >= 0.3 is 11.9 Å². The number of carbonyl (C=O) groups excluding carboxylic acids is 2. The summed E-state index contributed by atoms with van der Waals surface area (Å²) in [6, 6.07) is 43.6. The van der Waals surface area contributed by atoms with E-state index in [1.807, 2.05) is 192 Å². The van der Waals surface area contributed by atoms with Gasteiger partial charge in [0.25, 0.3) is 0 Å². The maximum absolute atomic E-state index is 12.9. The normalized spacial score (nSPS) is 10.8. The van der Waals surface area contributed by atoms with Gasteiger partial charge < -0.3 is 36.8 Å². The summed E-state index contributed by atoms with van der Waals surface area (Å²) in [7, 11) is 1.34. The van der Waals surface area contributed by atoms with Crippen molar-refractivity contribution in [1.82, 2.24) is 97.3 Å². The number of rotatable bonds is 21. The molecule has 124 heavy (non-hydrogen) atoms. The Balaban J connectivity index is 0.000000131. The predicted molar refractivity (Wildman–Crippen MR) is 480 cm³/mol. The lowest BCUT2D eigenvalue weighted by atomic mass is 10.1. The van der Waals surface area contributed by atoms with E-state index in [0.29, 0.717) is 78.4 Å². The number of nitrogens with two attached hydrogens (primary N) is 1. The van der Waals surface area contributed by atoms with Gasteiger partial charge in [0, 0.05) is 182 Å². The number of aryl methyl sites for hydroxylation is 8. The van der Waals surface area contributed by atoms with Crippen LogP contribution in [-0.2, 0) is 37.3 Å². The molecule has 31 heteroatoms. The van der Waals surface area contributed by atoms with Crippen LogP contribution < -0.4 is 27.0 Å². The number of pyridine rings is 8. The van der Waals surface area contributed by atoms with Crippen LogP contribution in [0, 0.1) is 55.4 Å². The molecule has 16 heterocycles. The molecule has 620 valence electrons. The molecule has 0 spiro atoms. The molecule has 0 bridgehead atoms. The molecule has 0 amide bonds. The van der Waals surface area contributed by atoms with E-state index >= 15 is 0 Å². The van der Waals surface area contributed by atoms with Crippen LogP contribution in [0.1, 0.15) is 104 Å². The van der Waals surface area contributed by atoms with Gasteiger partial charge in [0.2, 0.25) is 0 Å². The number of Topliss-reactive ketones (excluding diaryl/α,β-unsaturated/α-hetero) is 1. The van der Waals surface area contributed by atoms with E-state index in [4.69, 9.17) is 10.5 Å². The number of nitrogen functional groups attached to an aromatic ring is 1. The van der Waals surface area contributed by atoms with E-state index in [-0.39, 0.29) is 11.5 Å². The topological polar surface area (TPSA) is 379 Å². The number of nitrogens with zero attached hydrogens (tertiary/aromatic N) is 20. The molecular formula is C93H86BrN25O5. The van der Waals surface area contributed by atoms with Crippen molar-refractivity contribution in [1.29, 1.82) is 0 Å². The zero-order chi connectivity index (χ0) is 86.8. The number of ether oxygens (including phenoxy) is 1. The van der Waals surface area contributed by atoms with E-state index < -0.39 is 11.9 Å². The summed E-state index contributed by atoms with van der Waals surface area (Å²) < 4.78 is 12.6. The fourth-order valence-corrected chi connectivity index (χ4v) is 14.1. The molecule has 2 aromatic carbocycles. The summed E-state index contributed by atoms with van der Waals surface area (Å²) in [4.78, 5) is 106. The number of fused-ring (bicyclic) bond motifs is 4. The van der Waals surface area contributed by atoms with Gasteiger partial charge in [-0.3, -0.25) is 62.3 Å². The number of anilines is 5. The minimum absolute atomic E-state index is 0.0117. The smallest absolute Gasteiger partial charge is 0.356 e. The Morgan fingerprint density at radius 3 is 1.00 bits per heavy atom. The Morgan fingerprint density at radius 1 is 0.355 bits per heavy atom. The van der Waals surface area contributed by atoms with Gasteiger partial charge in [-0.25, -0.2) is 49.5 Å². The van der Waals surface area contributed by atoms with Gasteiger partial charge in [0.05, 0.1) is 54.7 Å². The highest BCUT2D eigenvalue weighted by atomic mass is 79.9. The Hall–Kier alpha value is -15.8. The summed E-state index contributed by atoms with van der Waals surface area (Å²) >= 11 is 3.47. The Kier molecular flexibility index (Phi) is 26.9. The molecule has 0 saturated heterocycles. The Labute approximate surface area is 721 Å². The standard InChI is InChI=1S/C27H24N6O.C21H20N6O2.C20H18N6O2.C19H17BrN6.C6H7N/c1-18-12-21(15-30-25(18)22-8-9-28-19(2)13-22)16-31-26-27-32-17-23(33(27)11-10-29-26)24(34)14-20-6-4-3-5-7-20;1-13-8-15(10-24-18(13)16-4-5-22-14(2)9-16)11-25-19-20-26-12-17(21(28)29-3)27(20)7-6-23-19;1-12-7-14(9-23-17(12)15-3-4-21-13(2)8-15)10-24-18-19-25-11-16(20(27)28)26(19)6-5-22-18;1-12-7-14(9-23-17(12)15-3-4-21-13(2)8-15)10-24-18-19-25-11-16(20)26(19)6-5-22-18;7-6-4-2-1-3-5-6/h3-13,15,17H,14,16H2,1-2H3,(H,29,31);4-10,12H,11H2,1-3H3,(H,23,25);3-9,11H,10H2,1-2H3,(H,22,24)(H,27,28);3-9,11H,10H2,1-2H3,(H,22,24);1-5H,7H2. The SMILES string of the molecule is COC(=O)c1cnc2c(NCc3cnc(-c4ccnc(C)c4)c(C)c3)nccn12.Cc1cc(-c2ncc(CNc3nccn4c(Br)cnc34)cc2C)ccn1.Cc1cc(-c2ncc(CNc3nccn4c(C(=O)Cc5ccccc5)cnc34)cc2C)ccn1.Cc1cc(-c2ncc(CNc3nccn4c(C(=O)O)cnc34)cc2C)ccn1.Nc1ccccc1. The number of halogens is 1. The molecule has 0 fully saturated rings. The summed E-state index contributed by atoms with van der Waals surface area (Å²) in [6.07, 6.45) is 34.6. The van der Waals surface area contributed by atoms with Crippen LogP contribution >= 0.6 is 15.9 Å². The second kappa shape index (κ2) is 39.4. The molecular weight excluding hydrogens is 1630 g/mol. The number of nitrogens with one attached hydrogen (secondary N) is 4. The first kappa shape index (κ1) is 84.7. The van der Waals surface area contributed by atoms with E-state index in [2.05, 4.69) is 155 Å². The zero-order valence-corrected chi connectivity index (χ0v) is 70.9. The van der Waals surface area contributed by atoms with Crippen LogP contribution in [0.3, 0.4) is 0 Å². The van der Waals surface area contributed by atoms with Crippen molar-refractivity contribution in [2.45, 2.75) is 88.0 Å². The third-order valence-electron chi connectivity index (χ3n) is 19.6. The molecule has 7 N–H and O–H groups in total. The maximum atomic E-state index is 12.9. The van der Waals surface area contributed by atoms with Crippen molar-refractivity contribution in [3.8, 4) is 45.0 Å². The lowest BCUT2D eigenvalue weighted by molar-refractivity contribution is 0.0591. The first-order valence-corrected chi connectivity index (χ1v) is 40.1. The number of carbonyl (C=O) groups is 3. The molecule has 0 saturated carbocycles. The van der Waals surface area contributed by atoms with Crippen LogP contribution in [0.2, 0.25) is 0 Å². The van der Waals surface area contributed by atoms with Crippen molar-refractivity contribution in [2.75, 3.05) is 34.1 Å². The molecule has 16 aromatic heterocycles. The average Bonchev–Trinajstić information content (AvgIpc) is 1.66. The Morgan fingerprint density at radius 2 is 0.669 bits per heavy atom. The third-order valence-corrected chi connectivity index (χ3v) is 20.2. The van der Waals surface area contributed by atoms with Gasteiger partial charge in [-0.1, -0.05) is 72.8 Å². The number of carboxylic acid groups (broad SMARTS) is 1. The zero-order valence-electron chi connectivity index (χ0n) is 69.3. The molecule has 0 aliphatic rings. The lowest BCUT2D eigenvalue weighted by Gasteiger charge is -2.10. The van der Waals surface area contributed by atoms with Crippen LogP contribution in [0.5, 0.6) is 0 Å². The molecule has 0 unspecified atom stereocenters. The van der Waals surface area contributed by atoms with Crippen LogP contribution in [0.4, 0.5) is 29.0 Å². The summed E-state index contributed by atoms with van der Waals surface area (Å²) in [6.45, 7) is 18.2. The summed E-state index contributed by atoms with van der Waals surface area (Å²) in [5, 5.41) is 22.4. The van der Waals surface area contributed by atoms with Gasteiger partial charge in [0.15, 0.2) is 63.0 Å². The van der Waals surface area contributed by atoms with Crippen LogP contribution in [0.25, 0.3) is 67.6 Å². The first-order chi connectivity index (χ1) is 60.2. The van der Waals surface area contributed by atoms with Crippen molar-refractivity contribution in [3.63, 3.8) is 0 Å². The highest BCUT2D eigenvalue weighted by molar-refractivity contribution is 9.10. The number of imidazole rings is 4. The molecule has 0 aliphatic carbocycles. The number of aromatic nitrogens is 20. The number of aromatic carboxylic acids is 1. The fourth-order valence-electron chi connectivity index (χ4n) is 13.7. The number of para-hydroxylation sites is 1. The maximum Gasteiger partial charge on any atom is 0.356 e. The van der Waals surface area contributed by atoms with Crippen molar-refractivity contribution >= 4 is 85.2 Å². The summed E-state index contributed by atoms with van der Waals surface area (Å²) in [5.74, 6) is 0.980. The second-order valence-corrected chi connectivity index (χ2v) is 29.7. The van der Waals surface area contributed by atoms with E-state index in [1.54, 1.807) is 83.2 Å². The van der Waals surface area contributed by atoms with Crippen LogP contribution in [0.15, 0.2) is 262 Å². The van der Waals surface area contributed by atoms with Crippen molar-refractivity contribution < 1.29 is 24.2 Å². The second-order valence-electron chi connectivity index (χ2n) is 28.9. The number of carboxylic acids is 1. The van der Waals surface area contributed by atoms with Gasteiger partial charge in [-0.15, -0.1) is 0 Å². The molecule has 0 aliphatic heterocycles. The average molecular weight is 1710 g/mol. The third kappa shape index (κ3) is 20.7. The fraction of sp³-hybridized carbons (Fsp3) is 0.151. The molecule has 0 atom stereocenters. The number of hydrogen-bond acceptors (Lipinski definition) is 25. The van der Waals surface area contributed by atoms with E-state index in [1.165, 1.54) is 23.9 Å². The van der Waals surface area contributed by atoms with Gasteiger partial charge in [-0.2, -0.15) is 0 Å². The number of esters is 1. The first-order valence-electron chi connectivity index (χ1n) is 39.3. The molecule has 30 nitrogen and oxygen atoms in total. The lowest BCUT2D eigenvalue weighted by Crippen LogP contribution is -2.09. The van der Waals surface area contributed by atoms with Gasteiger partial charge in [0.1, 0.15) is 10.3 Å². The van der Waals surface area contributed by atoms with E-state index in [0.717, 1.165) is 140 Å². The van der Waals surface area contributed by atoms with Crippen LogP contribution in [-0.4, -0.2) is 127 Å². The minimum atomic E-state index is -1.04. The number of hydrogen-bond donors (Lipinski definition) is 6. The molecule has 18 rings (SSSR count). The van der Waals surface area contributed by atoms with E-state index in [9.17, 15) is 19.5 Å². The van der Waals surface area contributed by atoms with Crippen molar-refractivity contribution in [2.24, 2.45) is 0 Å². The summed E-state index contributed by atoms with van der Waals surface area (Å²) in [5.41, 5.74) is 30.9. The van der Waals surface area contributed by atoms with Crippen molar-refractivity contribution in [3.05, 3.63) is 352 Å². The predicted octanol–water partition coefficient (Wildman–Crippen LogP) is 16.6. The largest absolute Gasteiger partial charge is 0.477 e.